The van der Waals surface area contributed by atoms with Crippen LogP contribution in [0.25, 0.3) is 0 Å². The van der Waals surface area contributed by atoms with Crippen molar-refractivity contribution in [3.05, 3.63) is 23.8 Å². The van der Waals surface area contributed by atoms with Crippen LogP contribution in [0.4, 0.5) is 5.69 Å². The average molecular weight is 254 g/mol. The number of carboxylic acid groups (broad SMARTS) is 1. The van der Waals surface area contributed by atoms with Gasteiger partial charge in [0.2, 0.25) is 5.91 Å². The van der Waals surface area contributed by atoms with Crippen LogP contribution in [0.1, 0.15) is 10.4 Å². The van der Waals surface area contributed by atoms with E-state index in [2.05, 4.69) is 5.32 Å². The Labute approximate surface area is 103 Å². The zero-order valence-corrected chi connectivity index (χ0v) is 9.55. The van der Waals surface area contributed by atoms with Crippen LogP contribution < -0.4 is 11.1 Å². The smallest absolute Gasteiger partial charge is 0.335 e. The van der Waals surface area contributed by atoms with Crippen molar-refractivity contribution >= 4 is 17.6 Å². The molecule has 5 N–H and O–H groups in total. The van der Waals surface area contributed by atoms with Gasteiger partial charge in [0.25, 0.3) is 0 Å². The molecule has 0 unspecified atom stereocenters. The first kappa shape index (κ1) is 13.9. The number of benzene rings is 1. The molecule has 0 radical (unpaired) electrons. The lowest BCUT2D eigenvalue weighted by atomic mass is 10.2. The summed E-state index contributed by atoms with van der Waals surface area (Å²) in [5, 5.41) is 20.6. The van der Waals surface area contributed by atoms with Crippen molar-refractivity contribution in [1.29, 1.82) is 0 Å². The van der Waals surface area contributed by atoms with Crippen molar-refractivity contribution in [3.8, 4) is 5.75 Å². The number of aromatic hydroxyl groups is 1. The molecule has 0 saturated heterocycles. The molecule has 0 saturated carbocycles. The van der Waals surface area contributed by atoms with Crippen molar-refractivity contribution in [2.75, 3.05) is 25.1 Å². The van der Waals surface area contributed by atoms with E-state index in [4.69, 9.17) is 15.6 Å². The van der Waals surface area contributed by atoms with Gasteiger partial charge in [-0.05, 0) is 18.2 Å². The number of ether oxygens (including phenoxy) is 1. The number of nitrogens with one attached hydrogen (secondary N) is 1. The molecule has 1 rings (SSSR count). The first-order valence-corrected chi connectivity index (χ1v) is 5.18. The van der Waals surface area contributed by atoms with Crippen molar-refractivity contribution in [2.24, 2.45) is 5.73 Å². The van der Waals surface area contributed by atoms with E-state index in [9.17, 15) is 14.7 Å². The lowest BCUT2D eigenvalue weighted by molar-refractivity contribution is -0.120. The fourth-order valence-corrected chi connectivity index (χ4v) is 1.20. The molecule has 18 heavy (non-hydrogen) atoms. The van der Waals surface area contributed by atoms with Gasteiger partial charge in [-0.1, -0.05) is 0 Å². The molecular weight excluding hydrogens is 240 g/mol. The standard InChI is InChI=1S/C11H14N2O5/c12-3-4-18-6-10(15)13-8-5-7(11(16)17)1-2-9(8)14/h1-2,5,14H,3-4,6,12H2,(H,13,15)(H,16,17). The van der Waals surface area contributed by atoms with E-state index in [1.54, 1.807) is 0 Å². The largest absolute Gasteiger partial charge is 0.506 e. The Bertz CT molecular complexity index is 447. The van der Waals surface area contributed by atoms with Crippen LogP contribution in [-0.4, -0.2) is 41.8 Å². The third kappa shape index (κ3) is 4.04. The highest BCUT2D eigenvalue weighted by atomic mass is 16.5. The predicted molar refractivity (Wildman–Crippen MR) is 63.6 cm³/mol. The maximum Gasteiger partial charge on any atom is 0.335 e. The van der Waals surface area contributed by atoms with E-state index in [-0.39, 0.29) is 30.2 Å². The molecule has 0 aliphatic rings. The minimum atomic E-state index is -1.15. The topological polar surface area (TPSA) is 122 Å². The number of hydrogen-bond donors (Lipinski definition) is 4. The zero-order chi connectivity index (χ0) is 13.5. The quantitative estimate of drug-likeness (QED) is 0.419. The molecule has 1 aromatic rings. The zero-order valence-electron chi connectivity index (χ0n) is 9.55. The maximum atomic E-state index is 11.4. The fourth-order valence-electron chi connectivity index (χ4n) is 1.20. The molecule has 0 aromatic heterocycles. The van der Waals surface area contributed by atoms with Gasteiger partial charge in [-0.15, -0.1) is 0 Å². The van der Waals surface area contributed by atoms with Crippen LogP contribution in [0.3, 0.4) is 0 Å². The Morgan fingerprint density at radius 3 is 2.72 bits per heavy atom. The van der Waals surface area contributed by atoms with Crippen molar-refractivity contribution in [1.82, 2.24) is 0 Å². The highest BCUT2D eigenvalue weighted by molar-refractivity contribution is 5.96. The van der Waals surface area contributed by atoms with E-state index in [1.807, 2.05) is 0 Å². The number of carboxylic acids is 1. The Morgan fingerprint density at radius 1 is 1.39 bits per heavy atom. The van der Waals surface area contributed by atoms with Gasteiger partial charge < -0.3 is 26.0 Å². The predicted octanol–water partition coefficient (Wildman–Crippen LogP) is 0.00420. The minimum absolute atomic E-state index is 0.0243. The summed E-state index contributed by atoms with van der Waals surface area (Å²) in [5.74, 6) is -1.86. The highest BCUT2D eigenvalue weighted by Crippen LogP contribution is 2.24. The van der Waals surface area contributed by atoms with Gasteiger partial charge in [0.05, 0.1) is 17.9 Å². The van der Waals surface area contributed by atoms with E-state index < -0.39 is 11.9 Å². The van der Waals surface area contributed by atoms with Crippen LogP contribution in [-0.2, 0) is 9.53 Å². The van der Waals surface area contributed by atoms with E-state index in [1.165, 1.54) is 18.2 Å². The maximum absolute atomic E-state index is 11.4. The van der Waals surface area contributed by atoms with Crippen LogP contribution in [0.2, 0.25) is 0 Å². The summed E-state index contributed by atoms with van der Waals surface area (Å²) in [6, 6.07) is 3.59. The van der Waals surface area contributed by atoms with Crippen molar-refractivity contribution < 1.29 is 24.5 Å². The highest BCUT2D eigenvalue weighted by Gasteiger charge is 2.10. The van der Waals surface area contributed by atoms with Crippen LogP contribution in [0.15, 0.2) is 18.2 Å². The van der Waals surface area contributed by atoms with Gasteiger partial charge in [0, 0.05) is 6.54 Å². The number of rotatable bonds is 6. The third-order valence-electron chi connectivity index (χ3n) is 2.01. The van der Waals surface area contributed by atoms with Gasteiger partial charge in [-0.2, -0.15) is 0 Å². The summed E-state index contributed by atoms with van der Waals surface area (Å²) in [4.78, 5) is 22.1. The monoisotopic (exact) mass is 254 g/mol. The van der Waals surface area contributed by atoms with Crippen molar-refractivity contribution in [3.63, 3.8) is 0 Å². The average Bonchev–Trinajstić information content (AvgIpc) is 2.32. The SMILES string of the molecule is NCCOCC(=O)Nc1cc(C(=O)O)ccc1O. The molecule has 0 atom stereocenters. The molecule has 7 heteroatoms. The molecule has 0 heterocycles. The van der Waals surface area contributed by atoms with Gasteiger partial charge in [-0.25, -0.2) is 4.79 Å². The third-order valence-corrected chi connectivity index (χ3v) is 2.01. The summed E-state index contributed by atoms with van der Waals surface area (Å²) >= 11 is 0. The molecule has 0 fully saturated rings. The van der Waals surface area contributed by atoms with Gasteiger partial charge in [-0.3, -0.25) is 4.79 Å². The summed E-state index contributed by atoms with van der Waals surface area (Å²) in [5.41, 5.74) is 5.17. The van der Waals surface area contributed by atoms with E-state index >= 15 is 0 Å². The number of phenolic OH excluding ortho intramolecular Hbond substituents is 1. The van der Waals surface area contributed by atoms with Crippen LogP contribution in [0.5, 0.6) is 5.75 Å². The molecule has 1 aromatic carbocycles. The second-order valence-corrected chi connectivity index (χ2v) is 3.43. The number of hydrogen-bond acceptors (Lipinski definition) is 5. The summed E-state index contributed by atoms with van der Waals surface area (Å²) in [6.45, 7) is 0.329. The molecule has 0 aliphatic heterocycles. The lowest BCUT2D eigenvalue weighted by Crippen LogP contribution is -2.21. The normalized spacial score (nSPS) is 10.1. The number of anilines is 1. The number of amides is 1. The number of aromatic carboxylic acids is 1. The second kappa shape index (κ2) is 6.58. The summed E-state index contributed by atoms with van der Waals surface area (Å²) in [7, 11) is 0. The number of phenols is 1. The lowest BCUT2D eigenvalue weighted by Gasteiger charge is -2.08. The molecule has 1 amide bonds. The minimum Gasteiger partial charge on any atom is -0.506 e. The fraction of sp³-hybridized carbons (Fsp3) is 0.273. The van der Waals surface area contributed by atoms with Gasteiger partial charge in [0.1, 0.15) is 12.4 Å². The van der Waals surface area contributed by atoms with E-state index in [0.717, 1.165) is 0 Å². The second-order valence-electron chi connectivity index (χ2n) is 3.43. The summed E-state index contributed by atoms with van der Waals surface area (Å²) < 4.78 is 4.90. The first-order valence-electron chi connectivity index (χ1n) is 5.18. The van der Waals surface area contributed by atoms with Crippen molar-refractivity contribution in [2.45, 2.75) is 0 Å². The van der Waals surface area contributed by atoms with Crippen LogP contribution in [0, 0.1) is 0 Å². The first-order chi connectivity index (χ1) is 8.54. The van der Waals surface area contributed by atoms with Crippen LogP contribution >= 0.6 is 0 Å². The number of nitrogens with two attached hydrogens (primary N) is 1. The molecule has 0 aliphatic carbocycles. The molecular formula is C11H14N2O5. The van der Waals surface area contributed by atoms with Gasteiger partial charge >= 0.3 is 5.97 Å². The Morgan fingerprint density at radius 2 is 2.11 bits per heavy atom. The number of carbonyl (C=O) groups is 2. The molecule has 98 valence electrons. The Balaban J connectivity index is 2.68. The Kier molecular flexibility index (Phi) is 5.09. The molecule has 0 spiro atoms. The molecule has 0 bridgehead atoms. The van der Waals surface area contributed by atoms with Gasteiger partial charge in [0.15, 0.2) is 0 Å². The molecule has 7 nitrogen and oxygen atoms in total. The summed E-state index contributed by atoms with van der Waals surface area (Å²) in [6.07, 6.45) is 0. The Hall–Kier alpha value is -2.12. The number of carbonyl (C=O) groups excluding carboxylic acids is 1. The van der Waals surface area contributed by atoms with E-state index in [0.29, 0.717) is 6.54 Å².